The van der Waals surface area contributed by atoms with E-state index in [0.29, 0.717) is 11.8 Å². The van der Waals surface area contributed by atoms with Gasteiger partial charge in [0.25, 0.3) is 6.71 Å². The second-order valence-electron chi connectivity index (χ2n) is 18.6. The first-order valence-electron chi connectivity index (χ1n) is 21.1. The van der Waals surface area contributed by atoms with E-state index in [-0.39, 0.29) is 27.6 Å². The fourth-order valence-electron chi connectivity index (χ4n) is 10.3. The van der Waals surface area contributed by atoms with Gasteiger partial charge in [-0.15, -0.1) is 0 Å². The lowest BCUT2D eigenvalue weighted by molar-refractivity contribution is 0.0365. The minimum absolute atomic E-state index is 0.00815. The summed E-state index contributed by atoms with van der Waals surface area (Å²) >= 11 is 2.80. The first-order valence-corrected chi connectivity index (χ1v) is 22.2. The number of fused-ring (bicyclic) bond motifs is 5. The number of para-hydroxylation sites is 1. The Bertz CT molecular complexity index is 2390. The maximum Gasteiger partial charge on any atom is 0.295 e. The molecule has 0 radical (unpaired) electrons. The van der Waals surface area contributed by atoms with Crippen molar-refractivity contribution in [3.05, 3.63) is 155 Å². The van der Waals surface area contributed by atoms with Gasteiger partial charge in [-0.2, -0.15) is 0 Å². The molecule has 0 aromatic heterocycles. The van der Waals surface area contributed by atoms with Crippen LogP contribution in [0.25, 0.3) is 11.1 Å². The fraction of sp³-hybridized carbons (Fsp3) is 0.346. The first kappa shape index (κ1) is 38.3. The molecule has 57 heavy (non-hydrogen) atoms. The van der Waals surface area contributed by atoms with Crippen molar-refractivity contribution >= 4 is 63.0 Å². The largest absolute Gasteiger partial charge is 0.501 e. The number of aryl methyl sites for hydroxylation is 1. The first-order chi connectivity index (χ1) is 27.4. The third-order valence-corrected chi connectivity index (χ3v) is 14.6. The second kappa shape index (κ2) is 14.6. The van der Waals surface area contributed by atoms with Crippen LogP contribution < -0.4 is 20.7 Å². The lowest BCUT2D eigenvalue weighted by Gasteiger charge is -2.47. The topological polar surface area (TPSA) is 15.7 Å². The van der Waals surface area contributed by atoms with Crippen molar-refractivity contribution in [2.24, 2.45) is 23.2 Å². The van der Waals surface area contributed by atoms with E-state index < -0.39 is 0 Å². The molecule has 3 nitrogen and oxygen atoms in total. The quantitative estimate of drug-likeness (QED) is 0.0831. The summed E-state index contributed by atoms with van der Waals surface area (Å²) in [4.78, 5) is 5.26. The molecule has 3 heterocycles. The Morgan fingerprint density at radius 2 is 1.68 bits per heavy atom. The van der Waals surface area contributed by atoms with Crippen molar-refractivity contribution in [3.8, 4) is 11.1 Å². The van der Waals surface area contributed by atoms with Crippen molar-refractivity contribution in [3.63, 3.8) is 0 Å². The lowest BCUT2D eigenvalue weighted by atomic mass is 9.35. The molecule has 0 spiro atoms. The number of nitrogens with zero attached hydrogens (tertiary/aromatic N) is 2. The number of ether oxygens (including phenoxy) is 1. The molecule has 4 aromatic rings. The molecule has 1 saturated carbocycles. The predicted octanol–water partition coefficient (Wildman–Crippen LogP) is 12.8. The van der Waals surface area contributed by atoms with Gasteiger partial charge in [0, 0.05) is 31.7 Å². The number of benzene rings is 4. The number of hydrogen-bond acceptors (Lipinski definition) is 3. The van der Waals surface area contributed by atoms with Gasteiger partial charge in [-0.1, -0.05) is 147 Å². The minimum atomic E-state index is -0.00815. The fourth-order valence-corrected chi connectivity index (χ4v) is 11.3. The van der Waals surface area contributed by atoms with Crippen LogP contribution in [-0.2, 0) is 11.2 Å². The highest BCUT2D eigenvalue weighted by atomic mass is 127. The normalized spacial score (nSPS) is 25.2. The summed E-state index contributed by atoms with van der Waals surface area (Å²) in [6.45, 7) is 18.6. The van der Waals surface area contributed by atoms with E-state index in [2.05, 4.69) is 209 Å². The van der Waals surface area contributed by atoms with Crippen LogP contribution in [0.15, 0.2) is 144 Å². The van der Waals surface area contributed by atoms with Crippen LogP contribution in [0.4, 0.5) is 22.7 Å². The molecule has 5 atom stereocenters. The van der Waals surface area contributed by atoms with Crippen LogP contribution in [0.3, 0.4) is 0 Å². The zero-order valence-electron chi connectivity index (χ0n) is 34.9. The Balaban J connectivity index is 1.33. The molecule has 5 heteroatoms. The Hall–Kier alpha value is -4.23. The number of halogens is 1. The molecule has 0 N–H and O–H groups in total. The van der Waals surface area contributed by atoms with Crippen LogP contribution in [0, 0.1) is 30.1 Å². The molecule has 0 bridgehead atoms. The van der Waals surface area contributed by atoms with Crippen molar-refractivity contribution in [2.45, 2.75) is 90.6 Å². The van der Waals surface area contributed by atoms with Gasteiger partial charge in [0.2, 0.25) is 0 Å². The Morgan fingerprint density at radius 1 is 0.947 bits per heavy atom. The Morgan fingerprint density at radius 3 is 2.40 bits per heavy atom. The highest BCUT2D eigenvalue weighted by Gasteiger charge is 2.59. The average Bonchev–Trinajstić information content (AvgIpc) is 3.61. The van der Waals surface area contributed by atoms with E-state index in [4.69, 9.17) is 4.74 Å². The molecule has 1 fully saturated rings. The SMILES string of the molecule is C/C=C\C=C(\C)Cc1ccc2c(c1)N(c1ccccc1-c1ccccc1)c1cc(C)cc3c1B2C1=C(C2C(O1)C(C)CCC2(C)I)N3C1=CCC(C(C)(C)C)C=C1. The van der Waals surface area contributed by atoms with E-state index in [9.17, 15) is 0 Å². The Labute approximate surface area is 355 Å². The molecular formula is C52H56BIN2O. The highest BCUT2D eigenvalue weighted by Crippen LogP contribution is 2.57. The van der Waals surface area contributed by atoms with Gasteiger partial charge in [0.05, 0.1) is 23.0 Å². The Kier molecular flexibility index (Phi) is 9.78. The maximum absolute atomic E-state index is 7.57. The van der Waals surface area contributed by atoms with Crippen LogP contribution in [-0.4, -0.2) is 16.2 Å². The van der Waals surface area contributed by atoms with E-state index in [1.54, 1.807) is 0 Å². The van der Waals surface area contributed by atoms with Gasteiger partial charge in [0.15, 0.2) is 0 Å². The molecule has 0 saturated heterocycles. The van der Waals surface area contributed by atoms with Crippen LogP contribution in [0.5, 0.6) is 0 Å². The number of rotatable bonds is 6. The number of alkyl halides is 1. The van der Waals surface area contributed by atoms with E-state index in [0.717, 1.165) is 12.8 Å². The summed E-state index contributed by atoms with van der Waals surface area (Å²) in [7, 11) is 0. The third kappa shape index (κ3) is 6.57. The molecule has 5 aliphatic rings. The van der Waals surface area contributed by atoms with Gasteiger partial charge in [-0.05, 0) is 129 Å². The molecule has 290 valence electrons. The second-order valence-corrected chi connectivity index (χ2v) is 21.1. The summed E-state index contributed by atoms with van der Waals surface area (Å²) in [5.41, 5.74) is 18.1. The molecular weight excluding hydrogens is 806 g/mol. The molecule has 4 aromatic carbocycles. The monoisotopic (exact) mass is 862 g/mol. The van der Waals surface area contributed by atoms with Crippen LogP contribution in [0.1, 0.15) is 78.9 Å². The van der Waals surface area contributed by atoms with Gasteiger partial charge in [0.1, 0.15) is 6.10 Å². The van der Waals surface area contributed by atoms with Gasteiger partial charge < -0.3 is 14.5 Å². The summed E-state index contributed by atoms with van der Waals surface area (Å²) in [6, 6.07) is 32.1. The van der Waals surface area contributed by atoms with Gasteiger partial charge in [-0.25, -0.2) is 0 Å². The zero-order chi connectivity index (χ0) is 39.8. The molecule has 3 aliphatic heterocycles. The smallest absolute Gasteiger partial charge is 0.295 e. The van der Waals surface area contributed by atoms with E-state index in [1.807, 2.05) is 0 Å². The van der Waals surface area contributed by atoms with Crippen molar-refractivity contribution in [1.82, 2.24) is 0 Å². The summed E-state index contributed by atoms with van der Waals surface area (Å²) < 4.78 is 7.64. The standard InChI is InChI=1S/C52H56BIN2O/c1-9-10-16-33(2)29-36-21-26-41-43(32-36)56(42-20-15-14-19-40(42)37-17-12-11-13-18-37)45-31-34(3)30-44-47(45)53(41)50-48(46-49(57-50)35(4)27-28-52(46,8)54)55(44)39-24-22-38(23-25-39)51(5,6)7/h9-22,24-26,30-32,35,38,46,49H,23,27-29H2,1-8H3/b10-9-,33-16-. The summed E-state index contributed by atoms with van der Waals surface area (Å²) in [5.74, 6) is 1.25. The van der Waals surface area contributed by atoms with Gasteiger partial charge >= 0.3 is 0 Å². The summed E-state index contributed by atoms with van der Waals surface area (Å²) in [5, 5.41) is 0. The maximum atomic E-state index is 7.57. The molecule has 0 amide bonds. The van der Waals surface area contributed by atoms with E-state index >= 15 is 0 Å². The van der Waals surface area contributed by atoms with Crippen molar-refractivity contribution in [1.29, 1.82) is 0 Å². The highest BCUT2D eigenvalue weighted by molar-refractivity contribution is 14.1. The predicted molar refractivity (Wildman–Crippen MR) is 252 cm³/mol. The number of hydrogen-bond donors (Lipinski definition) is 0. The molecule has 2 aliphatic carbocycles. The van der Waals surface area contributed by atoms with Crippen molar-refractivity contribution in [2.75, 3.05) is 9.80 Å². The number of allylic oxidation sites excluding steroid dienone is 7. The number of anilines is 4. The molecule has 9 rings (SSSR count). The van der Waals surface area contributed by atoms with E-state index in [1.165, 1.54) is 91.4 Å². The van der Waals surface area contributed by atoms with Crippen LogP contribution in [0.2, 0.25) is 0 Å². The minimum Gasteiger partial charge on any atom is -0.501 e. The summed E-state index contributed by atoms with van der Waals surface area (Å²) in [6.07, 6.45) is 18.4. The third-order valence-electron chi connectivity index (χ3n) is 13.4. The van der Waals surface area contributed by atoms with Crippen LogP contribution >= 0.6 is 22.6 Å². The van der Waals surface area contributed by atoms with Gasteiger partial charge in [-0.3, -0.25) is 0 Å². The lowest BCUT2D eigenvalue weighted by Crippen LogP contribution is -2.57. The average molecular weight is 863 g/mol. The van der Waals surface area contributed by atoms with Crippen molar-refractivity contribution < 1.29 is 4.74 Å². The molecule has 5 unspecified atom stereocenters. The zero-order valence-corrected chi connectivity index (χ0v) is 37.1.